The quantitative estimate of drug-likeness (QED) is 0.453. The standard InChI is InChI=1S/C22H23F2NO5S/c1-14(13-31(5,27)28)6-8-19(30-20-9-7-17(23)11-18(20)24)15(2)16-10-21(29-4)22(26)25(3)12-16/h6-12H,2,13H2,1,3-5H3/b14-6+,19-8+. The van der Waals surface area contributed by atoms with Gasteiger partial charge in [0.2, 0.25) is 0 Å². The first-order valence-electron chi connectivity index (χ1n) is 9.03. The van der Waals surface area contributed by atoms with E-state index in [4.69, 9.17) is 9.47 Å². The van der Waals surface area contributed by atoms with E-state index in [0.29, 0.717) is 17.2 Å². The molecule has 0 N–H and O–H groups in total. The van der Waals surface area contributed by atoms with Gasteiger partial charge in [-0.25, -0.2) is 17.2 Å². The van der Waals surface area contributed by atoms with Gasteiger partial charge in [0.1, 0.15) is 11.6 Å². The molecule has 0 aliphatic heterocycles. The molecule has 9 heteroatoms. The van der Waals surface area contributed by atoms with Crippen molar-refractivity contribution in [1.29, 1.82) is 0 Å². The highest BCUT2D eigenvalue weighted by atomic mass is 32.2. The van der Waals surface area contributed by atoms with Crippen LogP contribution >= 0.6 is 0 Å². The van der Waals surface area contributed by atoms with Crippen LogP contribution in [0.25, 0.3) is 5.57 Å². The van der Waals surface area contributed by atoms with Crippen molar-refractivity contribution in [2.24, 2.45) is 7.05 Å². The molecule has 2 rings (SSSR count). The largest absolute Gasteiger partial charge is 0.491 e. The lowest BCUT2D eigenvalue weighted by molar-refractivity contribution is 0.403. The molecule has 0 bridgehead atoms. The maximum absolute atomic E-state index is 14.2. The molecular weight excluding hydrogens is 428 g/mol. The number of hydrogen-bond donors (Lipinski definition) is 0. The zero-order valence-corrected chi connectivity index (χ0v) is 18.4. The zero-order chi connectivity index (χ0) is 23.3. The number of aromatic nitrogens is 1. The Morgan fingerprint density at radius 1 is 1.19 bits per heavy atom. The van der Waals surface area contributed by atoms with Crippen molar-refractivity contribution < 1.29 is 26.7 Å². The third kappa shape index (κ3) is 6.65. The van der Waals surface area contributed by atoms with Gasteiger partial charge in [-0.2, -0.15) is 0 Å². The van der Waals surface area contributed by atoms with Crippen molar-refractivity contribution in [3.05, 3.63) is 88.1 Å². The van der Waals surface area contributed by atoms with E-state index in [1.54, 1.807) is 6.92 Å². The summed E-state index contributed by atoms with van der Waals surface area (Å²) in [6.45, 7) is 5.58. The minimum Gasteiger partial charge on any atom is -0.491 e. The third-order valence-corrected chi connectivity index (χ3v) is 5.12. The Morgan fingerprint density at radius 2 is 1.87 bits per heavy atom. The first kappa shape index (κ1) is 24.1. The van der Waals surface area contributed by atoms with Crippen LogP contribution in [0.5, 0.6) is 11.5 Å². The topological polar surface area (TPSA) is 74.6 Å². The normalized spacial score (nSPS) is 12.6. The zero-order valence-electron chi connectivity index (χ0n) is 17.6. The Morgan fingerprint density at radius 3 is 2.45 bits per heavy atom. The predicted octanol–water partition coefficient (Wildman–Crippen LogP) is 3.64. The van der Waals surface area contributed by atoms with Gasteiger partial charge >= 0.3 is 0 Å². The van der Waals surface area contributed by atoms with Crippen molar-refractivity contribution in [2.75, 3.05) is 19.1 Å². The van der Waals surface area contributed by atoms with E-state index in [1.807, 2.05) is 0 Å². The summed E-state index contributed by atoms with van der Waals surface area (Å²) in [6.07, 6.45) is 5.54. The monoisotopic (exact) mass is 451 g/mol. The van der Waals surface area contributed by atoms with Crippen molar-refractivity contribution >= 4 is 15.4 Å². The van der Waals surface area contributed by atoms with Crippen LogP contribution in [0.2, 0.25) is 0 Å². The Bertz CT molecular complexity index is 1230. The average Bonchev–Trinajstić information content (AvgIpc) is 2.66. The molecule has 2 aromatic rings. The second kappa shape index (κ2) is 9.74. The number of pyridine rings is 1. The summed E-state index contributed by atoms with van der Waals surface area (Å²) in [5, 5.41) is 0. The Balaban J connectivity index is 2.54. The lowest BCUT2D eigenvalue weighted by atomic mass is 10.1. The minimum atomic E-state index is -3.25. The summed E-state index contributed by atoms with van der Waals surface area (Å²) >= 11 is 0. The molecule has 0 amide bonds. The number of methoxy groups -OCH3 is 1. The maximum atomic E-state index is 14.2. The van der Waals surface area contributed by atoms with Crippen molar-refractivity contribution in [1.82, 2.24) is 4.57 Å². The smallest absolute Gasteiger partial charge is 0.292 e. The van der Waals surface area contributed by atoms with Crippen LogP contribution in [-0.4, -0.2) is 32.1 Å². The number of ether oxygens (including phenoxy) is 2. The van der Waals surface area contributed by atoms with E-state index in [9.17, 15) is 22.0 Å². The third-order valence-electron chi connectivity index (χ3n) is 4.14. The summed E-state index contributed by atoms with van der Waals surface area (Å²) in [6, 6.07) is 4.30. The van der Waals surface area contributed by atoms with Crippen LogP contribution in [0.3, 0.4) is 0 Å². The van der Waals surface area contributed by atoms with Crippen LogP contribution in [0.1, 0.15) is 12.5 Å². The molecule has 6 nitrogen and oxygen atoms in total. The minimum absolute atomic E-state index is 0.0669. The highest BCUT2D eigenvalue weighted by Gasteiger charge is 2.15. The van der Waals surface area contributed by atoms with Gasteiger partial charge in [0.15, 0.2) is 27.2 Å². The van der Waals surface area contributed by atoms with Gasteiger partial charge in [-0.05, 0) is 31.2 Å². The number of sulfone groups is 1. The first-order chi connectivity index (χ1) is 14.4. The summed E-state index contributed by atoms with van der Waals surface area (Å²) in [5.41, 5.74) is 0.857. The van der Waals surface area contributed by atoms with E-state index in [2.05, 4.69) is 6.58 Å². The van der Waals surface area contributed by atoms with Gasteiger partial charge in [0.25, 0.3) is 5.56 Å². The molecule has 0 radical (unpaired) electrons. The predicted molar refractivity (Wildman–Crippen MR) is 116 cm³/mol. The second-order valence-corrected chi connectivity index (χ2v) is 9.12. The molecule has 0 unspecified atom stereocenters. The van der Waals surface area contributed by atoms with Gasteiger partial charge < -0.3 is 14.0 Å². The number of nitrogens with zero attached hydrogens (tertiary/aromatic N) is 1. The van der Waals surface area contributed by atoms with Crippen LogP contribution in [-0.2, 0) is 16.9 Å². The highest BCUT2D eigenvalue weighted by molar-refractivity contribution is 7.90. The molecule has 0 spiro atoms. The molecular formula is C22H23F2NO5S. The lowest BCUT2D eigenvalue weighted by Crippen LogP contribution is -2.18. The molecule has 0 aliphatic carbocycles. The van der Waals surface area contributed by atoms with Gasteiger partial charge in [-0.15, -0.1) is 0 Å². The summed E-state index contributed by atoms with van der Waals surface area (Å²) < 4.78 is 62.4. The number of halogens is 2. The number of rotatable bonds is 8. The highest BCUT2D eigenvalue weighted by Crippen LogP contribution is 2.28. The molecule has 31 heavy (non-hydrogen) atoms. The van der Waals surface area contributed by atoms with Gasteiger partial charge in [-0.3, -0.25) is 4.79 Å². The SMILES string of the molecule is C=C(/C(=C\C=C(/C)CS(C)(=O)=O)Oc1ccc(F)cc1F)c1cc(OC)c(=O)n(C)c1. The molecule has 0 fully saturated rings. The number of hydrogen-bond acceptors (Lipinski definition) is 5. The summed E-state index contributed by atoms with van der Waals surface area (Å²) in [5.74, 6) is -1.98. The van der Waals surface area contributed by atoms with Crippen LogP contribution < -0.4 is 15.0 Å². The Labute approximate surface area is 179 Å². The molecule has 166 valence electrons. The van der Waals surface area contributed by atoms with E-state index < -0.39 is 21.5 Å². The lowest BCUT2D eigenvalue weighted by Gasteiger charge is -2.15. The van der Waals surface area contributed by atoms with E-state index in [1.165, 1.54) is 43.1 Å². The second-order valence-electron chi connectivity index (χ2n) is 6.98. The molecule has 0 aliphatic rings. The molecule has 0 saturated carbocycles. The molecule has 0 saturated heterocycles. The van der Waals surface area contributed by atoms with E-state index in [-0.39, 0.29) is 34.1 Å². The van der Waals surface area contributed by atoms with Gasteiger partial charge in [0, 0.05) is 36.7 Å². The average molecular weight is 451 g/mol. The van der Waals surface area contributed by atoms with E-state index in [0.717, 1.165) is 18.4 Å². The number of aryl methyl sites for hydroxylation is 1. The van der Waals surface area contributed by atoms with Crippen molar-refractivity contribution in [3.8, 4) is 11.5 Å². The van der Waals surface area contributed by atoms with E-state index >= 15 is 0 Å². The van der Waals surface area contributed by atoms with Gasteiger partial charge in [-0.1, -0.05) is 18.2 Å². The molecule has 1 aromatic carbocycles. The number of allylic oxidation sites excluding steroid dienone is 3. The Hall–Kier alpha value is -3.20. The summed E-state index contributed by atoms with van der Waals surface area (Å²) in [4.78, 5) is 12.1. The first-order valence-corrected chi connectivity index (χ1v) is 11.1. The Kier molecular flexibility index (Phi) is 7.56. The van der Waals surface area contributed by atoms with Gasteiger partial charge in [0.05, 0.1) is 12.9 Å². The fourth-order valence-corrected chi connectivity index (χ4v) is 3.61. The maximum Gasteiger partial charge on any atom is 0.292 e. The molecule has 1 heterocycles. The molecule has 0 atom stereocenters. The van der Waals surface area contributed by atoms with Crippen LogP contribution in [0.4, 0.5) is 8.78 Å². The van der Waals surface area contributed by atoms with Crippen molar-refractivity contribution in [2.45, 2.75) is 6.92 Å². The summed E-state index contributed by atoms with van der Waals surface area (Å²) in [7, 11) is -0.372. The number of benzene rings is 1. The van der Waals surface area contributed by atoms with Crippen molar-refractivity contribution in [3.63, 3.8) is 0 Å². The van der Waals surface area contributed by atoms with Crippen LogP contribution in [0, 0.1) is 11.6 Å². The molecule has 1 aromatic heterocycles. The van der Waals surface area contributed by atoms with Crippen LogP contribution in [0.15, 0.2) is 65.3 Å². The fourth-order valence-electron chi connectivity index (χ4n) is 2.69. The fraction of sp³-hybridized carbons (Fsp3) is 0.227.